The van der Waals surface area contributed by atoms with Crippen LogP contribution in [0, 0.1) is 5.92 Å². The predicted octanol–water partition coefficient (Wildman–Crippen LogP) is 1.35. The molecule has 0 saturated carbocycles. The zero-order valence-electron chi connectivity index (χ0n) is 12.0. The van der Waals surface area contributed by atoms with Crippen molar-refractivity contribution in [1.29, 1.82) is 0 Å². The molecule has 0 spiro atoms. The third-order valence-corrected chi connectivity index (χ3v) is 5.06. The number of fused-ring (bicyclic) bond motifs is 1. The van der Waals surface area contributed by atoms with Gasteiger partial charge < -0.3 is 16.0 Å². The molecule has 3 N–H and O–H groups in total. The summed E-state index contributed by atoms with van der Waals surface area (Å²) in [5.74, 6) is 0.438. The molecule has 0 unspecified atom stereocenters. The number of nitrogens with zero attached hydrogens (tertiary/aromatic N) is 3. The zero-order chi connectivity index (χ0) is 14.8. The van der Waals surface area contributed by atoms with Crippen molar-refractivity contribution in [1.82, 2.24) is 20.2 Å². The minimum atomic E-state index is -0.115. The Morgan fingerprint density at radius 1 is 1.43 bits per heavy atom. The second kappa shape index (κ2) is 5.95. The molecule has 0 bridgehead atoms. The zero-order valence-corrected chi connectivity index (χ0v) is 12.8. The Hall–Kier alpha value is -1.73. The number of carbonyl (C=O) groups is 1. The molecule has 21 heavy (non-hydrogen) atoms. The van der Waals surface area contributed by atoms with E-state index in [4.69, 9.17) is 5.73 Å². The summed E-state index contributed by atoms with van der Waals surface area (Å²) in [6.07, 6.45) is 5.45. The van der Waals surface area contributed by atoms with Crippen molar-refractivity contribution in [2.45, 2.75) is 12.8 Å². The largest absolute Gasteiger partial charge is 0.396 e. The van der Waals surface area contributed by atoms with E-state index in [-0.39, 0.29) is 5.91 Å². The van der Waals surface area contributed by atoms with Crippen LogP contribution in [0.2, 0.25) is 0 Å². The van der Waals surface area contributed by atoms with Gasteiger partial charge in [0.1, 0.15) is 15.2 Å². The molecule has 112 valence electrons. The molecule has 2 aromatic rings. The maximum Gasteiger partial charge on any atom is 0.263 e. The molecule has 6 nitrogen and oxygen atoms in total. The molecule has 1 fully saturated rings. The molecule has 0 radical (unpaired) electrons. The molecule has 2 aromatic heterocycles. The SMILES string of the molecule is CN1CCC(CNC(=O)c2sc3nccnc3c2N)CC1. The lowest BCUT2D eigenvalue weighted by Crippen LogP contribution is -2.36. The fraction of sp³-hybridized carbons (Fsp3) is 0.500. The van der Waals surface area contributed by atoms with Crippen LogP contribution >= 0.6 is 11.3 Å². The highest BCUT2D eigenvalue weighted by atomic mass is 32.1. The smallest absolute Gasteiger partial charge is 0.263 e. The van der Waals surface area contributed by atoms with Crippen LogP contribution in [0.25, 0.3) is 10.3 Å². The van der Waals surface area contributed by atoms with Gasteiger partial charge in [0.05, 0.1) is 5.69 Å². The van der Waals surface area contributed by atoms with Crippen LogP contribution in [0.5, 0.6) is 0 Å². The number of rotatable bonds is 3. The van der Waals surface area contributed by atoms with E-state index in [1.54, 1.807) is 12.4 Å². The number of likely N-dealkylation sites (tertiary alicyclic amines) is 1. The second-order valence-electron chi connectivity index (χ2n) is 5.51. The normalized spacial score (nSPS) is 17.2. The van der Waals surface area contributed by atoms with Gasteiger partial charge >= 0.3 is 0 Å². The summed E-state index contributed by atoms with van der Waals surface area (Å²) in [5.41, 5.74) is 7.06. The molecule has 3 heterocycles. The van der Waals surface area contributed by atoms with Crippen molar-refractivity contribution in [3.8, 4) is 0 Å². The average Bonchev–Trinajstić information content (AvgIpc) is 2.84. The lowest BCUT2D eigenvalue weighted by atomic mass is 9.97. The van der Waals surface area contributed by atoms with Crippen molar-refractivity contribution in [2.24, 2.45) is 5.92 Å². The van der Waals surface area contributed by atoms with Gasteiger partial charge in [0, 0.05) is 18.9 Å². The van der Waals surface area contributed by atoms with E-state index in [9.17, 15) is 4.79 Å². The molecule has 1 amide bonds. The molecular formula is C14H19N5OS. The number of nitrogen functional groups attached to an aromatic ring is 1. The first kappa shape index (κ1) is 14.2. The highest BCUT2D eigenvalue weighted by Crippen LogP contribution is 2.30. The van der Waals surface area contributed by atoms with E-state index in [0.717, 1.165) is 25.9 Å². The Balaban J connectivity index is 1.65. The van der Waals surface area contributed by atoms with Gasteiger partial charge in [-0.25, -0.2) is 9.97 Å². The number of nitrogens with two attached hydrogens (primary N) is 1. The number of hydrogen-bond donors (Lipinski definition) is 2. The Morgan fingerprint density at radius 3 is 2.86 bits per heavy atom. The highest BCUT2D eigenvalue weighted by molar-refractivity contribution is 7.21. The Bertz CT molecular complexity index is 648. The van der Waals surface area contributed by atoms with Crippen LogP contribution in [0.4, 0.5) is 5.69 Å². The van der Waals surface area contributed by atoms with Crippen molar-refractivity contribution < 1.29 is 4.79 Å². The number of hydrogen-bond acceptors (Lipinski definition) is 6. The van der Waals surface area contributed by atoms with Crippen LogP contribution in [-0.2, 0) is 0 Å². The molecule has 1 aliphatic heterocycles. The molecule has 0 aliphatic carbocycles. The summed E-state index contributed by atoms with van der Waals surface area (Å²) in [4.78, 5) is 24.2. The molecule has 0 aromatic carbocycles. The van der Waals surface area contributed by atoms with Crippen LogP contribution in [0.3, 0.4) is 0 Å². The summed E-state index contributed by atoms with van der Waals surface area (Å²) in [6, 6.07) is 0. The third-order valence-electron chi connectivity index (χ3n) is 3.96. The van der Waals surface area contributed by atoms with E-state index in [2.05, 4.69) is 27.2 Å². The summed E-state index contributed by atoms with van der Waals surface area (Å²) in [5, 5.41) is 3.00. The van der Waals surface area contributed by atoms with Crippen LogP contribution in [0.1, 0.15) is 22.5 Å². The molecule has 1 saturated heterocycles. The number of carbonyl (C=O) groups excluding carboxylic acids is 1. The minimum absolute atomic E-state index is 0.115. The van der Waals surface area contributed by atoms with Crippen LogP contribution in [-0.4, -0.2) is 47.5 Å². The van der Waals surface area contributed by atoms with Gasteiger partial charge in [-0.3, -0.25) is 4.79 Å². The van der Waals surface area contributed by atoms with E-state index < -0.39 is 0 Å². The monoisotopic (exact) mass is 305 g/mol. The number of amides is 1. The van der Waals surface area contributed by atoms with Gasteiger partial charge in [-0.1, -0.05) is 0 Å². The van der Waals surface area contributed by atoms with Crippen LogP contribution < -0.4 is 11.1 Å². The summed E-state index contributed by atoms with van der Waals surface area (Å²) in [7, 11) is 2.13. The first-order valence-corrected chi connectivity index (χ1v) is 7.92. The number of anilines is 1. The fourth-order valence-corrected chi connectivity index (χ4v) is 3.53. The summed E-state index contributed by atoms with van der Waals surface area (Å²) in [6.45, 7) is 2.90. The second-order valence-corrected chi connectivity index (χ2v) is 6.51. The van der Waals surface area contributed by atoms with Gasteiger partial charge in [0.25, 0.3) is 5.91 Å². The van der Waals surface area contributed by atoms with Gasteiger partial charge in [-0.15, -0.1) is 11.3 Å². The standard InChI is InChI=1S/C14H19N5OS/c1-19-6-2-9(3-7-19)8-18-13(20)12-10(15)11-14(21-12)17-5-4-16-11/h4-5,9H,2-3,6-8,15H2,1H3,(H,18,20). The molecule has 3 rings (SSSR count). The Labute approximate surface area is 127 Å². The van der Waals surface area contributed by atoms with Gasteiger partial charge in [-0.2, -0.15) is 0 Å². The predicted molar refractivity (Wildman–Crippen MR) is 84.4 cm³/mol. The van der Waals surface area contributed by atoms with E-state index in [1.807, 2.05) is 0 Å². The molecule has 0 atom stereocenters. The lowest BCUT2D eigenvalue weighted by molar-refractivity contribution is 0.0944. The minimum Gasteiger partial charge on any atom is -0.396 e. The molecule has 7 heteroatoms. The Morgan fingerprint density at radius 2 is 2.14 bits per heavy atom. The Kier molecular flexibility index (Phi) is 4.03. The summed E-state index contributed by atoms with van der Waals surface area (Å²) >= 11 is 1.30. The number of thiophene rings is 1. The van der Waals surface area contributed by atoms with Gasteiger partial charge in [-0.05, 0) is 38.9 Å². The topological polar surface area (TPSA) is 84.1 Å². The first-order chi connectivity index (χ1) is 10.1. The van der Waals surface area contributed by atoms with Crippen molar-refractivity contribution in [3.05, 3.63) is 17.3 Å². The van der Waals surface area contributed by atoms with Gasteiger partial charge in [0.15, 0.2) is 0 Å². The lowest BCUT2D eigenvalue weighted by Gasteiger charge is -2.28. The maximum atomic E-state index is 12.3. The van der Waals surface area contributed by atoms with E-state index in [0.29, 0.717) is 33.4 Å². The van der Waals surface area contributed by atoms with Crippen molar-refractivity contribution >= 4 is 33.3 Å². The first-order valence-electron chi connectivity index (χ1n) is 7.11. The van der Waals surface area contributed by atoms with E-state index >= 15 is 0 Å². The number of aromatic nitrogens is 2. The molecular weight excluding hydrogens is 286 g/mol. The number of nitrogens with one attached hydrogen (secondary N) is 1. The third kappa shape index (κ3) is 2.98. The molecule has 1 aliphatic rings. The van der Waals surface area contributed by atoms with E-state index in [1.165, 1.54) is 11.3 Å². The van der Waals surface area contributed by atoms with Gasteiger partial charge in [0.2, 0.25) is 0 Å². The maximum absolute atomic E-state index is 12.3. The van der Waals surface area contributed by atoms with Crippen molar-refractivity contribution in [2.75, 3.05) is 32.4 Å². The number of piperidine rings is 1. The quantitative estimate of drug-likeness (QED) is 0.894. The fourth-order valence-electron chi connectivity index (χ4n) is 2.60. The summed E-state index contributed by atoms with van der Waals surface area (Å²) < 4.78 is 0. The van der Waals surface area contributed by atoms with Crippen molar-refractivity contribution in [3.63, 3.8) is 0 Å². The van der Waals surface area contributed by atoms with Crippen LogP contribution in [0.15, 0.2) is 12.4 Å². The average molecular weight is 305 g/mol. The highest BCUT2D eigenvalue weighted by Gasteiger charge is 2.20.